The summed E-state index contributed by atoms with van der Waals surface area (Å²) in [5, 5.41) is 22.0. The lowest BCUT2D eigenvalue weighted by Crippen LogP contribution is -2.33. The van der Waals surface area contributed by atoms with Crippen molar-refractivity contribution in [3.05, 3.63) is 29.3 Å². The van der Waals surface area contributed by atoms with Crippen molar-refractivity contribution in [2.24, 2.45) is 0 Å². The zero-order valence-electron chi connectivity index (χ0n) is 11.5. The molecular formula is C14H21NO4. The van der Waals surface area contributed by atoms with Crippen LogP contribution in [0, 0.1) is 6.92 Å². The van der Waals surface area contributed by atoms with Crippen LogP contribution in [0.4, 0.5) is 0 Å². The lowest BCUT2D eigenvalue weighted by molar-refractivity contribution is -0.137. The van der Waals surface area contributed by atoms with Gasteiger partial charge in [0.05, 0.1) is 13.2 Å². The summed E-state index contributed by atoms with van der Waals surface area (Å²) in [7, 11) is 3.31. The van der Waals surface area contributed by atoms with E-state index in [0.717, 1.165) is 16.9 Å². The zero-order chi connectivity index (χ0) is 14.4. The van der Waals surface area contributed by atoms with Gasteiger partial charge < -0.3 is 20.3 Å². The highest BCUT2D eigenvalue weighted by Crippen LogP contribution is 2.26. The number of aliphatic hydroxyl groups excluding tert-OH is 1. The Balaban J connectivity index is 2.84. The quantitative estimate of drug-likeness (QED) is 0.697. The zero-order valence-corrected chi connectivity index (χ0v) is 11.5. The highest BCUT2D eigenvalue weighted by atomic mass is 16.5. The van der Waals surface area contributed by atoms with Gasteiger partial charge in [-0.2, -0.15) is 0 Å². The Bertz CT molecular complexity index is 433. The van der Waals surface area contributed by atoms with Crippen LogP contribution < -0.4 is 10.1 Å². The van der Waals surface area contributed by atoms with E-state index < -0.39 is 12.1 Å². The summed E-state index contributed by atoms with van der Waals surface area (Å²) in [5.74, 6) is -0.126. The highest BCUT2D eigenvalue weighted by molar-refractivity contribution is 5.66. The fourth-order valence-corrected chi connectivity index (χ4v) is 2.06. The first-order chi connectivity index (χ1) is 8.99. The number of ether oxygens (including phenoxy) is 1. The molecule has 106 valence electrons. The van der Waals surface area contributed by atoms with Crippen LogP contribution in [0.2, 0.25) is 0 Å². The van der Waals surface area contributed by atoms with E-state index >= 15 is 0 Å². The third-order valence-electron chi connectivity index (χ3n) is 3.22. The molecule has 3 N–H and O–H groups in total. The fourth-order valence-electron chi connectivity index (χ4n) is 2.06. The van der Waals surface area contributed by atoms with Crippen LogP contribution in [-0.4, -0.2) is 36.4 Å². The molecule has 19 heavy (non-hydrogen) atoms. The average molecular weight is 267 g/mol. The molecule has 0 aliphatic heterocycles. The smallest absolute Gasteiger partial charge is 0.303 e. The van der Waals surface area contributed by atoms with E-state index in [1.54, 1.807) is 20.2 Å². The van der Waals surface area contributed by atoms with Gasteiger partial charge >= 0.3 is 5.97 Å². The number of aliphatic carboxylic acids is 1. The number of rotatable bonds is 7. The average Bonchev–Trinajstić information content (AvgIpc) is 2.38. The summed E-state index contributed by atoms with van der Waals surface area (Å²) < 4.78 is 5.12. The second-order valence-corrected chi connectivity index (χ2v) is 4.49. The number of benzene rings is 1. The minimum absolute atomic E-state index is 0.0256. The van der Waals surface area contributed by atoms with Crippen LogP contribution in [0.3, 0.4) is 0 Å². The highest BCUT2D eigenvalue weighted by Gasteiger charge is 2.21. The van der Waals surface area contributed by atoms with Gasteiger partial charge in [-0.1, -0.05) is 6.07 Å². The first-order valence-electron chi connectivity index (χ1n) is 6.21. The molecule has 1 rings (SSSR count). The molecule has 1 aromatic carbocycles. The van der Waals surface area contributed by atoms with Crippen LogP contribution in [0.15, 0.2) is 18.2 Å². The van der Waals surface area contributed by atoms with Gasteiger partial charge in [-0.25, -0.2) is 0 Å². The first-order valence-corrected chi connectivity index (χ1v) is 6.21. The predicted octanol–water partition coefficient (Wildman–Crippen LogP) is 1.49. The summed E-state index contributed by atoms with van der Waals surface area (Å²) in [4.78, 5) is 10.6. The largest absolute Gasteiger partial charge is 0.497 e. The van der Waals surface area contributed by atoms with Gasteiger partial charge in [-0.15, -0.1) is 0 Å². The van der Waals surface area contributed by atoms with E-state index in [2.05, 4.69) is 5.32 Å². The van der Waals surface area contributed by atoms with Crippen molar-refractivity contribution >= 4 is 5.97 Å². The number of likely N-dealkylation sites (N-methyl/N-ethyl adjacent to an activating group) is 1. The van der Waals surface area contributed by atoms with Crippen LogP contribution in [0.25, 0.3) is 0 Å². The van der Waals surface area contributed by atoms with Gasteiger partial charge in [0.2, 0.25) is 0 Å². The molecule has 0 spiro atoms. The van der Waals surface area contributed by atoms with Gasteiger partial charge in [-0.05, 0) is 43.7 Å². The Labute approximate surface area is 113 Å². The number of aryl methyl sites for hydroxylation is 1. The summed E-state index contributed by atoms with van der Waals surface area (Å²) >= 11 is 0. The molecular weight excluding hydrogens is 246 g/mol. The Morgan fingerprint density at radius 1 is 1.47 bits per heavy atom. The Morgan fingerprint density at radius 3 is 2.63 bits per heavy atom. The maximum Gasteiger partial charge on any atom is 0.303 e. The molecule has 5 heteroatoms. The Morgan fingerprint density at radius 2 is 2.16 bits per heavy atom. The van der Waals surface area contributed by atoms with Gasteiger partial charge in [-0.3, -0.25) is 4.79 Å². The topological polar surface area (TPSA) is 78.8 Å². The van der Waals surface area contributed by atoms with Crippen molar-refractivity contribution in [3.63, 3.8) is 0 Å². The van der Waals surface area contributed by atoms with E-state index in [-0.39, 0.29) is 12.5 Å². The minimum Gasteiger partial charge on any atom is -0.497 e. The summed E-state index contributed by atoms with van der Waals surface area (Å²) in [6, 6.07) is 5.16. The predicted molar refractivity (Wildman–Crippen MR) is 72.4 cm³/mol. The molecule has 0 radical (unpaired) electrons. The van der Waals surface area contributed by atoms with E-state index in [1.807, 2.05) is 19.1 Å². The van der Waals surface area contributed by atoms with Crippen molar-refractivity contribution in [1.82, 2.24) is 5.32 Å². The lowest BCUT2D eigenvalue weighted by Gasteiger charge is -2.24. The summed E-state index contributed by atoms with van der Waals surface area (Å²) in [5.41, 5.74) is 1.70. The third-order valence-corrected chi connectivity index (χ3v) is 3.22. The van der Waals surface area contributed by atoms with Crippen molar-refractivity contribution < 1.29 is 19.7 Å². The molecule has 5 nitrogen and oxygen atoms in total. The standard InChI is InChI=1S/C14H21NO4/c1-9-8-10(19-3)4-5-11(9)14(18)12(15-2)6-7-13(16)17/h4-5,8,12,14-15,18H,6-7H2,1-3H3,(H,16,17). The molecule has 0 fully saturated rings. The van der Waals surface area contributed by atoms with E-state index in [0.29, 0.717) is 6.42 Å². The molecule has 1 aromatic rings. The Kier molecular flexibility index (Phi) is 5.79. The van der Waals surface area contributed by atoms with Gasteiger partial charge in [0, 0.05) is 12.5 Å². The van der Waals surface area contributed by atoms with Crippen LogP contribution in [-0.2, 0) is 4.79 Å². The molecule has 0 aromatic heterocycles. The van der Waals surface area contributed by atoms with Gasteiger partial charge in [0.25, 0.3) is 0 Å². The maximum absolute atomic E-state index is 10.6. The molecule has 0 aliphatic rings. The van der Waals surface area contributed by atoms with Crippen LogP contribution >= 0.6 is 0 Å². The lowest BCUT2D eigenvalue weighted by atomic mass is 9.95. The number of carboxylic acids is 1. The van der Waals surface area contributed by atoms with Crippen LogP contribution in [0.1, 0.15) is 30.1 Å². The molecule has 0 amide bonds. The molecule has 0 heterocycles. The minimum atomic E-state index is -0.862. The number of aliphatic hydroxyl groups is 1. The van der Waals surface area contributed by atoms with Crippen molar-refractivity contribution in [1.29, 1.82) is 0 Å². The van der Waals surface area contributed by atoms with Crippen LogP contribution in [0.5, 0.6) is 5.75 Å². The van der Waals surface area contributed by atoms with Crippen molar-refractivity contribution in [2.45, 2.75) is 31.9 Å². The monoisotopic (exact) mass is 267 g/mol. The number of methoxy groups -OCH3 is 1. The van der Waals surface area contributed by atoms with Gasteiger partial charge in [0.1, 0.15) is 5.75 Å². The third kappa shape index (κ3) is 4.22. The second-order valence-electron chi connectivity index (χ2n) is 4.49. The number of hydrogen-bond acceptors (Lipinski definition) is 4. The molecule has 0 aliphatic carbocycles. The number of nitrogens with one attached hydrogen (secondary N) is 1. The number of carbonyl (C=O) groups is 1. The van der Waals surface area contributed by atoms with Crippen molar-refractivity contribution in [3.8, 4) is 5.75 Å². The normalized spacial score (nSPS) is 13.9. The van der Waals surface area contributed by atoms with E-state index in [4.69, 9.17) is 9.84 Å². The molecule has 2 atom stereocenters. The molecule has 0 saturated heterocycles. The van der Waals surface area contributed by atoms with E-state index in [1.165, 1.54) is 0 Å². The molecule has 0 bridgehead atoms. The van der Waals surface area contributed by atoms with Crippen molar-refractivity contribution in [2.75, 3.05) is 14.2 Å². The van der Waals surface area contributed by atoms with Gasteiger partial charge in [0.15, 0.2) is 0 Å². The second kappa shape index (κ2) is 7.11. The maximum atomic E-state index is 10.6. The van der Waals surface area contributed by atoms with E-state index in [9.17, 15) is 9.90 Å². The molecule has 0 saturated carbocycles. The fraction of sp³-hybridized carbons (Fsp3) is 0.500. The number of hydrogen-bond donors (Lipinski definition) is 3. The molecule has 2 unspecified atom stereocenters. The Hall–Kier alpha value is -1.59. The first kappa shape index (κ1) is 15.5. The summed E-state index contributed by atoms with van der Waals surface area (Å²) in [6.07, 6.45) is -0.341. The summed E-state index contributed by atoms with van der Waals surface area (Å²) in [6.45, 7) is 1.89. The SMILES string of the molecule is CNC(CCC(=O)O)C(O)c1ccc(OC)cc1C. The number of carboxylic acid groups (broad SMARTS) is 1.